The topological polar surface area (TPSA) is 96.4 Å². The summed E-state index contributed by atoms with van der Waals surface area (Å²) in [5, 5.41) is 10.7. The number of hydrogen-bond acceptors (Lipinski definition) is 6. The molecule has 0 radical (unpaired) electrons. The number of nitrogens with zero attached hydrogens (tertiary/aromatic N) is 2. The Hall–Kier alpha value is -2.68. The van der Waals surface area contributed by atoms with Gasteiger partial charge in [-0.3, -0.25) is 14.4 Å². The molecule has 2 saturated heterocycles. The summed E-state index contributed by atoms with van der Waals surface area (Å²) in [5.41, 5.74) is -1.88. The molecule has 35 heavy (non-hydrogen) atoms. The summed E-state index contributed by atoms with van der Waals surface area (Å²) in [7, 11) is 0. The third kappa shape index (κ3) is 3.53. The molecule has 0 bridgehead atoms. The molecule has 2 fully saturated rings. The first kappa shape index (κ1) is 24.0. The number of carbonyl (C=O) groups excluding carboxylic acids is 3. The van der Waals surface area contributed by atoms with Gasteiger partial charge < -0.3 is 24.4 Å². The van der Waals surface area contributed by atoms with Gasteiger partial charge in [0, 0.05) is 17.3 Å². The van der Waals surface area contributed by atoms with Crippen molar-refractivity contribution in [2.75, 3.05) is 24.7 Å². The molecular weight excluding hydrogens is 472 g/mol. The largest absolute Gasteiger partial charge is 0.465 e. The number of aliphatic hydroxyl groups excluding tert-OH is 1. The van der Waals surface area contributed by atoms with Crippen LogP contribution in [-0.2, 0) is 23.9 Å². The lowest BCUT2D eigenvalue weighted by Gasteiger charge is -2.40. The predicted octanol–water partition coefficient (Wildman–Crippen LogP) is 2.49. The van der Waals surface area contributed by atoms with E-state index in [1.165, 1.54) is 4.90 Å². The number of aliphatic hydroxyl groups is 1. The van der Waals surface area contributed by atoms with Gasteiger partial charge in [0.2, 0.25) is 5.91 Å². The van der Waals surface area contributed by atoms with Gasteiger partial charge >= 0.3 is 5.97 Å². The van der Waals surface area contributed by atoms with E-state index in [9.17, 15) is 19.5 Å². The highest BCUT2D eigenvalue weighted by molar-refractivity contribution is 6.30. The standard InChI is InChI=1S/C26H29ClN2O6/c1-3-17(15-30)29-21-23(32)28(18-9-7-16(27)8-10-18)13-6-12-26(21)19(22(29)31)20-24(33)34-14-5-4-11-25(20,2)35-26/h4,6-12,17,19-21,30H,3,5,13-15H2,1-2H3/t17-,19-,20-,21?,25+,26-/m0/s1. The zero-order valence-corrected chi connectivity index (χ0v) is 20.5. The van der Waals surface area contributed by atoms with Gasteiger partial charge in [0.25, 0.3) is 5.91 Å². The predicted molar refractivity (Wildman–Crippen MR) is 129 cm³/mol. The van der Waals surface area contributed by atoms with Crippen LogP contribution in [0.3, 0.4) is 0 Å². The molecule has 0 aliphatic carbocycles. The molecule has 9 heteroatoms. The van der Waals surface area contributed by atoms with E-state index < -0.39 is 41.1 Å². The summed E-state index contributed by atoms with van der Waals surface area (Å²) in [4.78, 5) is 44.6. The molecule has 1 aromatic rings. The maximum absolute atomic E-state index is 14.2. The molecule has 0 saturated carbocycles. The number of ether oxygens (including phenoxy) is 2. The monoisotopic (exact) mass is 500 g/mol. The van der Waals surface area contributed by atoms with Crippen molar-refractivity contribution in [3.8, 4) is 0 Å². The lowest BCUT2D eigenvalue weighted by molar-refractivity contribution is -0.160. The minimum absolute atomic E-state index is 0.219. The lowest BCUT2D eigenvalue weighted by atomic mass is 9.74. The Morgan fingerprint density at radius 3 is 2.54 bits per heavy atom. The van der Waals surface area contributed by atoms with E-state index in [4.69, 9.17) is 21.1 Å². The van der Waals surface area contributed by atoms with E-state index in [-0.39, 0.29) is 31.6 Å². The number of halogens is 1. The Morgan fingerprint density at radius 2 is 1.86 bits per heavy atom. The first-order chi connectivity index (χ1) is 16.8. The molecule has 1 N–H and O–H groups in total. The van der Waals surface area contributed by atoms with Crippen LogP contribution in [0.2, 0.25) is 5.02 Å². The van der Waals surface area contributed by atoms with Crippen molar-refractivity contribution in [2.45, 2.75) is 50.0 Å². The zero-order chi connectivity index (χ0) is 25.0. The van der Waals surface area contributed by atoms with Crippen LogP contribution in [0.4, 0.5) is 5.69 Å². The second-order valence-corrected chi connectivity index (χ2v) is 10.1. The maximum Gasteiger partial charge on any atom is 0.313 e. The lowest BCUT2D eigenvalue weighted by Crippen LogP contribution is -2.58. The second-order valence-electron chi connectivity index (χ2n) is 9.67. The number of amides is 2. The van der Waals surface area contributed by atoms with E-state index >= 15 is 0 Å². The van der Waals surface area contributed by atoms with Crippen molar-refractivity contribution in [1.82, 2.24) is 4.90 Å². The summed E-state index contributed by atoms with van der Waals surface area (Å²) >= 11 is 6.06. The average molecular weight is 501 g/mol. The zero-order valence-electron chi connectivity index (χ0n) is 19.7. The number of likely N-dealkylation sites (tertiary alicyclic amines) is 1. The fourth-order valence-corrected chi connectivity index (χ4v) is 6.21. The van der Waals surface area contributed by atoms with E-state index in [0.29, 0.717) is 23.6 Å². The number of cyclic esters (lactones) is 1. The molecule has 186 valence electrons. The van der Waals surface area contributed by atoms with Crippen LogP contribution in [0.1, 0.15) is 26.7 Å². The Kier molecular flexibility index (Phi) is 6.02. The van der Waals surface area contributed by atoms with Gasteiger partial charge in [0.1, 0.15) is 17.6 Å². The smallest absolute Gasteiger partial charge is 0.313 e. The Balaban J connectivity index is 1.68. The number of hydrogen-bond donors (Lipinski definition) is 1. The van der Waals surface area contributed by atoms with E-state index in [1.54, 1.807) is 42.2 Å². The SMILES string of the molecule is CC[C@@H](CO)N1C(=O)[C@@H]2[C@H]3C(=O)OCCC=C[C@@]3(C)O[C@@]23C=CCN(c2ccc(Cl)cc2)C(=O)C13. The van der Waals surface area contributed by atoms with Crippen molar-refractivity contribution in [3.63, 3.8) is 0 Å². The molecule has 2 amide bonds. The van der Waals surface area contributed by atoms with Crippen LogP contribution in [0.5, 0.6) is 0 Å². The van der Waals surface area contributed by atoms with Gasteiger partial charge in [0.05, 0.1) is 30.8 Å². The van der Waals surface area contributed by atoms with Crippen molar-refractivity contribution in [3.05, 3.63) is 53.6 Å². The summed E-state index contributed by atoms with van der Waals surface area (Å²) in [6, 6.07) is 5.24. The minimum atomic E-state index is -1.38. The van der Waals surface area contributed by atoms with Crippen molar-refractivity contribution >= 4 is 35.1 Å². The van der Waals surface area contributed by atoms with Gasteiger partial charge in [-0.15, -0.1) is 0 Å². The summed E-state index contributed by atoms with van der Waals surface area (Å²) in [5.74, 6) is -3.11. The molecule has 8 nitrogen and oxygen atoms in total. The highest BCUT2D eigenvalue weighted by atomic mass is 35.5. The molecule has 1 spiro atoms. The Labute approximate surface area is 209 Å². The average Bonchev–Trinajstić information content (AvgIpc) is 3.15. The van der Waals surface area contributed by atoms with Gasteiger partial charge in [0.15, 0.2) is 0 Å². The third-order valence-corrected chi connectivity index (χ3v) is 7.92. The quantitative estimate of drug-likeness (QED) is 0.504. The fourth-order valence-electron chi connectivity index (χ4n) is 6.09. The summed E-state index contributed by atoms with van der Waals surface area (Å²) in [6.07, 6.45) is 8.28. The normalized spacial score (nSPS) is 35.1. The minimum Gasteiger partial charge on any atom is -0.465 e. The third-order valence-electron chi connectivity index (χ3n) is 7.67. The summed E-state index contributed by atoms with van der Waals surface area (Å²) < 4.78 is 12.2. The highest BCUT2D eigenvalue weighted by Gasteiger charge is 2.75. The number of rotatable bonds is 4. The van der Waals surface area contributed by atoms with Crippen LogP contribution in [0.25, 0.3) is 0 Å². The highest BCUT2D eigenvalue weighted by Crippen LogP contribution is 2.57. The maximum atomic E-state index is 14.2. The van der Waals surface area contributed by atoms with Gasteiger partial charge in [-0.25, -0.2) is 0 Å². The number of fused-ring (bicyclic) bond motifs is 2. The Morgan fingerprint density at radius 1 is 1.11 bits per heavy atom. The molecule has 4 aliphatic heterocycles. The van der Waals surface area contributed by atoms with Crippen molar-refractivity contribution < 1.29 is 29.0 Å². The van der Waals surface area contributed by atoms with Crippen molar-refractivity contribution in [1.29, 1.82) is 0 Å². The van der Waals surface area contributed by atoms with Crippen molar-refractivity contribution in [2.24, 2.45) is 11.8 Å². The molecule has 1 unspecified atom stereocenters. The van der Waals surface area contributed by atoms with E-state index in [0.717, 1.165) is 0 Å². The number of benzene rings is 1. The number of anilines is 1. The van der Waals surface area contributed by atoms with Crippen LogP contribution in [0, 0.1) is 11.8 Å². The van der Waals surface area contributed by atoms with Crippen LogP contribution >= 0.6 is 11.6 Å². The molecule has 6 atom stereocenters. The van der Waals surface area contributed by atoms with Crippen LogP contribution in [-0.4, -0.2) is 70.8 Å². The van der Waals surface area contributed by atoms with Gasteiger partial charge in [-0.05, 0) is 44.0 Å². The Bertz CT molecular complexity index is 1100. The van der Waals surface area contributed by atoms with Gasteiger partial charge in [-0.1, -0.05) is 42.8 Å². The molecular formula is C26H29ClN2O6. The molecule has 1 aromatic carbocycles. The van der Waals surface area contributed by atoms with E-state index in [1.807, 2.05) is 25.2 Å². The first-order valence-corrected chi connectivity index (χ1v) is 12.4. The molecule has 4 aliphatic rings. The van der Waals surface area contributed by atoms with E-state index in [2.05, 4.69) is 0 Å². The number of esters is 1. The number of carbonyl (C=O) groups is 3. The molecule has 5 rings (SSSR count). The fraction of sp³-hybridized carbons (Fsp3) is 0.500. The van der Waals surface area contributed by atoms with Gasteiger partial charge in [-0.2, -0.15) is 0 Å². The summed E-state index contributed by atoms with van der Waals surface area (Å²) in [6.45, 7) is 3.78. The van der Waals surface area contributed by atoms with Crippen LogP contribution in [0.15, 0.2) is 48.6 Å². The molecule has 4 heterocycles. The van der Waals surface area contributed by atoms with Crippen LogP contribution < -0.4 is 4.90 Å². The molecule has 0 aromatic heterocycles. The second kappa shape index (κ2) is 8.76. The first-order valence-electron chi connectivity index (χ1n) is 12.0.